The van der Waals surface area contributed by atoms with E-state index in [-0.39, 0.29) is 0 Å². The quantitative estimate of drug-likeness (QED) is 0.774. The Morgan fingerprint density at radius 2 is 1.65 bits per heavy atom. The molecule has 0 saturated heterocycles. The summed E-state index contributed by atoms with van der Waals surface area (Å²) >= 11 is 0. The fraction of sp³-hybridized carbons (Fsp3) is 1.00. The van der Waals surface area contributed by atoms with Crippen molar-refractivity contribution < 1.29 is 0 Å². The molecule has 2 aliphatic rings. The van der Waals surface area contributed by atoms with Crippen LogP contribution in [0.5, 0.6) is 0 Å². The maximum atomic E-state index is 3.48. The Balaban J connectivity index is 1.97. The van der Waals surface area contributed by atoms with Crippen molar-refractivity contribution in [1.82, 2.24) is 5.32 Å². The Morgan fingerprint density at radius 3 is 2.00 bits per heavy atom. The molecule has 2 rings (SSSR count). The second kappa shape index (κ2) is 4.91. The van der Waals surface area contributed by atoms with E-state index < -0.39 is 0 Å². The monoisotopic (exact) mass is 237 g/mol. The molecule has 1 nitrogen and oxygen atoms in total. The van der Waals surface area contributed by atoms with Crippen LogP contribution in [0.15, 0.2) is 0 Å². The van der Waals surface area contributed by atoms with Crippen LogP contribution in [-0.4, -0.2) is 13.6 Å². The van der Waals surface area contributed by atoms with Crippen molar-refractivity contribution in [2.24, 2.45) is 22.7 Å². The molecule has 0 heterocycles. The van der Waals surface area contributed by atoms with Gasteiger partial charge in [0.05, 0.1) is 0 Å². The predicted octanol–water partition coefficient (Wildman–Crippen LogP) is 4.23. The van der Waals surface area contributed by atoms with E-state index in [4.69, 9.17) is 0 Å². The molecule has 0 aliphatic heterocycles. The van der Waals surface area contributed by atoms with E-state index in [1.807, 2.05) is 0 Å². The molecule has 0 aromatic carbocycles. The summed E-state index contributed by atoms with van der Waals surface area (Å²) in [6, 6.07) is 0. The topological polar surface area (TPSA) is 12.0 Å². The average molecular weight is 237 g/mol. The summed E-state index contributed by atoms with van der Waals surface area (Å²) in [4.78, 5) is 0. The Kier molecular flexibility index (Phi) is 3.87. The lowest BCUT2D eigenvalue weighted by atomic mass is 9.55. The third kappa shape index (κ3) is 2.70. The van der Waals surface area contributed by atoms with Gasteiger partial charge >= 0.3 is 0 Å². The minimum Gasteiger partial charge on any atom is -0.319 e. The molecule has 2 saturated carbocycles. The van der Waals surface area contributed by atoms with Gasteiger partial charge in [-0.2, -0.15) is 0 Å². The molecule has 1 N–H and O–H groups in total. The molecule has 0 spiro atoms. The molecule has 2 aliphatic carbocycles. The highest BCUT2D eigenvalue weighted by Gasteiger charge is 2.44. The standard InChI is InChI=1S/C16H31N/c1-15(2,3)13-8-10-16(11-9-13,12-17-4)14-6-5-7-14/h13-14,17H,5-12H2,1-4H3. The van der Waals surface area contributed by atoms with Crippen LogP contribution in [0.1, 0.15) is 65.7 Å². The number of hydrogen-bond acceptors (Lipinski definition) is 1. The highest BCUT2D eigenvalue weighted by molar-refractivity contribution is 4.96. The second-order valence-corrected chi connectivity index (χ2v) is 7.66. The Hall–Kier alpha value is -0.0400. The third-order valence-electron chi connectivity index (χ3n) is 5.71. The van der Waals surface area contributed by atoms with Crippen molar-refractivity contribution in [3.63, 3.8) is 0 Å². The molecule has 0 radical (unpaired) electrons. The zero-order valence-electron chi connectivity index (χ0n) is 12.3. The molecule has 100 valence electrons. The maximum absolute atomic E-state index is 3.48. The molecule has 1 heteroatoms. The van der Waals surface area contributed by atoms with E-state index in [9.17, 15) is 0 Å². The Morgan fingerprint density at radius 1 is 1.06 bits per heavy atom. The van der Waals surface area contributed by atoms with Crippen molar-refractivity contribution in [3.05, 3.63) is 0 Å². The van der Waals surface area contributed by atoms with Crippen LogP contribution in [0, 0.1) is 22.7 Å². The van der Waals surface area contributed by atoms with Crippen LogP contribution in [-0.2, 0) is 0 Å². The Bertz CT molecular complexity index is 239. The summed E-state index contributed by atoms with van der Waals surface area (Å²) in [5.41, 5.74) is 1.18. The molecule has 0 atom stereocenters. The van der Waals surface area contributed by atoms with Crippen molar-refractivity contribution in [3.8, 4) is 0 Å². The first-order valence-electron chi connectivity index (χ1n) is 7.62. The molecule has 0 unspecified atom stereocenters. The van der Waals surface area contributed by atoms with Gasteiger partial charge in [-0.25, -0.2) is 0 Å². The van der Waals surface area contributed by atoms with Crippen molar-refractivity contribution in [2.75, 3.05) is 13.6 Å². The van der Waals surface area contributed by atoms with Crippen LogP contribution in [0.3, 0.4) is 0 Å². The summed E-state index contributed by atoms with van der Waals surface area (Å²) in [6.07, 6.45) is 10.4. The van der Waals surface area contributed by atoms with E-state index in [0.29, 0.717) is 10.8 Å². The molecule has 0 aromatic heterocycles. The van der Waals surface area contributed by atoms with Crippen LogP contribution >= 0.6 is 0 Å². The van der Waals surface area contributed by atoms with Gasteiger partial charge in [0, 0.05) is 6.54 Å². The summed E-state index contributed by atoms with van der Waals surface area (Å²) < 4.78 is 0. The third-order valence-corrected chi connectivity index (χ3v) is 5.71. The van der Waals surface area contributed by atoms with Gasteiger partial charge in [0.25, 0.3) is 0 Å². The zero-order valence-corrected chi connectivity index (χ0v) is 12.3. The first-order chi connectivity index (χ1) is 7.98. The van der Waals surface area contributed by atoms with Crippen LogP contribution < -0.4 is 5.32 Å². The van der Waals surface area contributed by atoms with Crippen molar-refractivity contribution in [1.29, 1.82) is 0 Å². The van der Waals surface area contributed by atoms with E-state index >= 15 is 0 Å². The van der Waals surface area contributed by atoms with Crippen molar-refractivity contribution >= 4 is 0 Å². The number of hydrogen-bond donors (Lipinski definition) is 1. The minimum absolute atomic E-state index is 0.519. The average Bonchev–Trinajstić information content (AvgIpc) is 2.14. The van der Waals surface area contributed by atoms with Crippen molar-refractivity contribution in [2.45, 2.75) is 65.7 Å². The fourth-order valence-corrected chi connectivity index (χ4v) is 4.16. The normalized spacial score (nSPS) is 35.6. The van der Waals surface area contributed by atoms with Gasteiger partial charge < -0.3 is 5.32 Å². The summed E-state index contributed by atoms with van der Waals surface area (Å²) in [5, 5.41) is 3.48. The minimum atomic E-state index is 0.519. The highest BCUT2D eigenvalue weighted by atomic mass is 14.8. The number of nitrogens with one attached hydrogen (secondary N) is 1. The van der Waals surface area contributed by atoms with Gasteiger partial charge in [0.1, 0.15) is 0 Å². The SMILES string of the molecule is CNCC1(C2CCC2)CCC(C(C)(C)C)CC1. The Labute approximate surface area is 108 Å². The van der Waals surface area contributed by atoms with Gasteiger partial charge in [-0.1, -0.05) is 27.2 Å². The van der Waals surface area contributed by atoms with Gasteiger partial charge in [0.15, 0.2) is 0 Å². The van der Waals surface area contributed by atoms with Gasteiger partial charge in [-0.15, -0.1) is 0 Å². The highest BCUT2D eigenvalue weighted by Crippen LogP contribution is 2.53. The smallest absolute Gasteiger partial charge is 0.000746 e. The largest absolute Gasteiger partial charge is 0.319 e. The zero-order chi connectivity index (χ0) is 12.5. The summed E-state index contributed by atoms with van der Waals surface area (Å²) in [5.74, 6) is 1.99. The van der Waals surface area contributed by atoms with Gasteiger partial charge in [-0.05, 0) is 68.2 Å². The molecule has 0 bridgehead atoms. The first kappa shape index (κ1) is 13.4. The molecule has 0 aromatic rings. The molecular weight excluding hydrogens is 206 g/mol. The molecule has 2 fully saturated rings. The van der Waals surface area contributed by atoms with E-state index in [1.165, 1.54) is 51.5 Å². The predicted molar refractivity (Wildman–Crippen MR) is 75.1 cm³/mol. The van der Waals surface area contributed by atoms with E-state index in [0.717, 1.165) is 11.8 Å². The molecule has 0 amide bonds. The van der Waals surface area contributed by atoms with Gasteiger partial charge in [-0.3, -0.25) is 0 Å². The van der Waals surface area contributed by atoms with Crippen LogP contribution in [0.25, 0.3) is 0 Å². The molecular formula is C16H31N. The lowest BCUT2D eigenvalue weighted by molar-refractivity contribution is 0.00597. The van der Waals surface area contributed by atoms with Gasteiger partial charge in [0.2, 0.25) is 0 Å². The van der Waals surface area contributed by atoms with E-state index in [1.54, 1.807) is 0 Å². The molecule has 17 heavy (non-hydrogen) atoms. The summed E-state index contributed by atoms with van der Waals surface area (Å²) in [6.45, 7) is 8.53. The lowest BCUT2D eigenvalue weighted by Gasteiger charge is -2.51. The van der Waals surface area contributed by atoms with Crippen LogP contribution in [0.4, 0.5) is 0 Å². The lowest BCUT2D eigenvalue weighted by Crippen LogP contribution is -2.46. The maximum Gasteiger partial charge on any atom is 0.000746 e. The number of rotatable bonds is 3. The summed E-state index contributed by atoms with van der Waals surface area (Å²) in [7, 11) is 2.14. The first-order valence-corrected chi connectivity index (χ1v) is 7.62. The van der Waals surface area contributed by atoms with Crippen LogP contribution in [0.2, 0.25) is 0 Å². The second-order valence-electron chi connectivity index (χ2n) is 7.66. The van der Waals surface area contributed by atoms with E-state index in [2.05, 4.69) is 33.1 Å². The fourth-order valence-electron chi connectivity index (χ4n) is 4.16.